The first-order valence-corrected chi connectivity index (χ1v) is 20.7. The van der Waals surface area contributed by atoms with Crippen molar-refractivity contribution in [3.63, 3.8) is 0 Å². The van der Waals surface area contributed by atoms with E-state index < -0.39 is 7.49 Å². The van der Waals surface area contributed by atoms with E-state index in [1.165, 1.54) is 85.1 Å². The molecule has 3 aliphatic rings. The van der Waals surface area contributed by atoms with Gasteiger partial charge in [0.25, 0.3) is 0 Å². The predicted molar refractivity (Wildman–Crippen MR) is 228 cm³/mol. The molecule has 0 bridgehead atoms. The van der Waals surface area contributed by atoms with Gasteiger partial charge in [0, 0.05) is 0 Å². The van der Waals surface area contributed by atoms with Crippen molar-refractivity contribution in [2.45, 2.75) is 6.92 Å². The molecule has 7 aromatic carbocycles. The molecule has 0 spiro atoms. The molecule has 0 saturated heterocycles. The van der Waals surface area contributed by atoms with Crippen molar-refractivity contribution in [3.05, 3.63) is 216 Å². The van der Waals surface area contributed by atoms with Gasteiger partial charge in [-0.05, 0) is 0 Å². The Kier molecular flexibility index (Phi) is 7.82. The molecule has 3 aliphatic carbocycles. The molecule has 1 N–H and O–H groups in total. The van der Waals surface area contributed by atoms with Gasteiger partial charge in [0.2, 0.25) is 0 Å². The van der Waals surface area contributed by atoms with Gasteiger partial charge < -0.3 is 0 Å². The van der Waals surface area contributed by atoms with Gasteiger partial charge in [-0.25, -0.2) is 0 Å². The molecule has 10 rings (SSSR count). The van der Waals surface area contributed by atoms with E-state index in [0.29, 0.717) is 10.6 Å². The quantitative estimate of drug-likeness (QED) is 0.169. The third kappa shape index (κ3) is 5.04. The Labute approximate surface area is 320 Å². The van der Waals surface area contributed by atoms with Crippen molar-refractivity contribution in [1.82, 2.24) is 0 Å². The fourth-order valence-corrected chi connectivity index (χ4v) is 12.5. The molecule has 0 radical (unpaired) electrons. The summed E-state index contributed by atoms with van der Waals surface area (Å²) in [6.07, 6.45) is 11.5. The molecule has 7 aromatic rings. The Balaban J connectivity index is 1.16. The second kappa shape index (κ2) is 12.8. The minimum atomic E-state index is -3.59. The van der Waals surface area contributed by atoms with Crippen LogP contribution in [0.25, 0.3) is 49.7 Å². The van der Waals surface area contributed by atoms with Crippen LogP contribution in [0.2, 0.25) is 0 Å². The Bertz CT molecular complexity index is 2720. The minimum Gasteiger partial charge on any atom is -0.0622 e. The summed E-state index contributed by atoms with van der Waals surface area (Å²) in [6, 6.07) is 50.7. The summed E-state index contributed by atoms with van der Waals surface area (Å²) in [5.41, 5.74) is 12.1. The average molecular weight is 735 g/mol. The van der Waals surface area contributed by atoms with Gasteiger partial charge in [-0.2, -0.15) is 0 Å². The number of rotatable bonds is 6. The summed E-state index contributed by atoms with van der Waals surface area (Å²) in [7, 11) is -3.59. The van der Waals surface area contributed by atoms with Crippen LogP contribution >= 0.6 is 7.49 Å². The zero-order chi connectivity index (χ0) is 37.3. The second-order valence-electron chi connectivity index (χ2n) is 14.9. The minimum absolute atomic E-state index is 0.0476. The van der Waals surface area contributed by atoms with Crippen LogP contribution in [-0.2, 0) is 0 Å². The summed E-state index contributed by atoms with van der Waals surface area (Å²) in [5.74, 6) is -0.698. The number of allylic oxidation sites excluding steroid dienone is 8. The molecule has 0 aliphatic heterocycles. The monoisotopic (exact) mass is 734 g/mol. The standard InChI is InChI=1S/C51H37F2OP/c1-51-44-17-10-18-45(51)49-47(34-11-4-2-5-12-34)42-15-8-9-16-43(42)48(35-13-6-3-7-14-35)50(49)46(51)32-31-41(44)33-19-25-38(26-20-33)55(54,39-27-21-36(52)22-28-39)40-29-23-37(53)24-30-40/h2-32,44,54-55H,1H3. The van der Waals surface area contributed by atoms with Gasteiger partial charge in [-0.15, -0.1) is 0 Å². The topological polar surface area (TPSA) is 20.2 Å². The molecule has 266 valence electrons. The van der Waals surface area contributed by atoms with E-state index >= 15 is 0 Å². The zero-order valence-corrected chi connectivity index (χ0v) is 31.2. The summed E-state index contributed by atoms with van der Waals surface area (Å²) >= 11 is 0. The third-order valence-electron chi connectivity index (χ3n) is 12.1. The van der Waals surface area contributed by atoms with Crippen molar-refractivity contribution in [2.75, 3.05) is 0 Å². The summed E-state index contributed by atoms with van der Waals surface area (Å²) in [6.45, 7) is 2.41. The van der Waals surface area contributed by atoms with Gasteiger partial charge in [-0.3, -0.25) is 0 Å². The third-order valence-corrected chi connectivity index (χ3v) is 15.6. The molecule has 0 saturated carbocycles. The van der Waals surface area contributed by atoms with Gasteiger partial charge in [0.05, 0.1) is 0 Å². The van der Waals surface area contributed by atoms with E-state index in [1.54, 1.807) is 24.3 Å². The van der Waals surface area contributed by atoms with Crippen LogP contribution in [-0.4, -0.2) is 4.89 Å². The summed E-state index contributed by atoms with van der Waals surface area (Å²) < 4.78 is 28.1. The smallest absolute Gasteiger partial charge is 0.0622 e. The number of hydrogen-bond acceptors (Lipinski definition) is 1. The van der Waals surface area contributed by atoms with Crippen LogP contribution in [0, 0.1) is 23.0 Å². The van der Waals surface area contributed by atoms with Crippen LogP contribution in [0.5, 0.6) is 0 Å². The first-order chi connectivity index (χ1) is 26.9. The van der Waals surface area contributed by atoms with Crippen molar-refractivity contribution in [2.24, 2.45) is 11.3 Å². The van der Waals surface area contributed by atoms with E-state index in [-0.39, 0.29) is 23.0 Å². The number of fused-ring (bicyclic) bond motifs is 4. The van der Waals surface area contributed by atoms with Crippen molar-refractivity contribution in [3.8, 4) is 22.3 Å². The number of benzene rings is 7. The van der Waals surface area contributed by atoms with Crippen LogP contribution in [0.1, 0.15) is 23.6 Å². The fraction of sp³-hybridized carbons (Fsp3) is 0.0588. The van der Waals surface area contributed by atoms with E-state index in [4.69, 9.17) is 0 Å². The molecule has 4 heteroatoms. The van der Waals surface area contributed by atoms with Crippen LogP contribution in [0.15, 0.2) is 188 Å². The van der Waals surface area contributed by atoms with Gasteiger partial charge in [0.15, 0.2) is 0 Å². The Hall–Kier alpha value is -5.99. The van der Waals surface area contributed by atoms with Gasteiger partial charge >= 0.3 is 273 Å². The first kappa shape index (κ1) is 33.6. The summed E-state index contributed by atoms with van der Waals surface area (Å²) in [4.78, 5) is 12.6. The van der Waals surface area contributed by atoms with Crippen LogP contribution in [0.4, 0.5) is 8.78 Å². The molecule has 55 heavy (non-hydrogen) atoms. The molecule has 0 aromatic heterocycles. The van der Waals surface area contributed by atoms with E-state index in [9.17, 15) is 13.7 Å². The first-order valence-electron chi connectivity index (χ1n) is 18.7. The number of halogens is 2. The maximum atomic E-state index is 14.1. The van der Waals surface area contributed by atoms with Gasteiger partial charge in [0.1, 0.15) is 0 Å². The molecule has 2 unspecified atom stereocenters. The zero-order valence-electron chi connectivity index (χ0n) is 30.2. The predicted octanol–water partition coefficient (Wildman–Crippen LogP) is 11.5. The van der Waals surface area contributed by atoms with E-state index in [1.807, 2.05) is 12.1 Å². The molecular formula is C51H37F2OP. The molecular weight excluding hydrogens is 698 g/mol. The normalized spacial score (nSPS) is 18.6. The molecule has 0 amide bonds. The molecule has 0 fully saturated rings. The Morgan fingerprint density at radius 2 is 0.909 bits per heavy atom. The molecule has 2 atom stereocenters. The second-order valence-corrected chi connectivity index (χ2v) is 18.1. The van der Waals surface area contributed by atoms with Crippen LogP contribution in [0.3, 0.4) is 0 Å². The van der Waals surface area contributed by atoms with E-state index in [0.717, 1.165) is 10.9 Å². The van der Waals surface area contributed by atoms with Crippen molar-refractivity contribution in [1.29, 1.82) is 0 Å². The number of hydrogen-bond donors (Lipinski definition) is 1. The SMILES string of the molecule is CC12C3=CC=CC1C(c1ccc([PH](O)(c4ccc(F)cc4)c4ccc(F)cc4)cc1)=CC=C2c1c3c(-c2ccccc2)c2ccccc2c1-c1ccccc1. The Morgan fingerprint density at radius 1 is 0.473 bits per heavy atom. The fourth-order valence-electron chi connectivity index (χ4n) is 9.51. The molecule has 1 nitrogen and oxygen atoms in total. The van der Waals surface area contributed by atoms with Crippen molar-refractivity contribution < 1.29 is 13.7 Å². The maximum absolute atomic E-state index is 14.1. The van der Waals surface area contributed by atoms with Gasteiger partial charge in [-0.1, -0.05) is 48.5 Å². The Morgan fingerprint density at radius 3 is 1.40 bits per heavy atom. The van der Waals surface area contributed by atoms with Crippen LogP contribution < -0.4 is 15.9 Å². The van der Waals surface area contributed by atoms with E-state index in [2.05, 4.69) is 134 Å². The molecule has 0 heterocycles. The summed E-state index contributed by atoms with van der Waals surface area (Å²) in [5, 5.41) is 4.49. The van der Waals surface area contributed by atoms with Crippen molar-refractivity contribution >= 4 is 50.9 Å². The average Bonchev–Trinajstić information content (AvgIpc) is 3.48.